The first-order valence-corrected chi connectivity index (χ1v) is 9.58. The highest BCUT2D eigenvalue weighted by atomic mass is 35.5. The Morgan fingerprint density at radius 1 is 1.19 bits per heavy atom. The average molecular weight is 389 g/mol. The SMILES string of the molecule is O=C(c1ccco1)N1CCC(Nc2nnc(-c3ccccc3Cl)s2)CC1. The number of anilines is 1. The van der Waals surface area contributed by atoms with Crippen molar-refractivity contribution in [2.75, 3.05) is 18.4 Å². The van der Waals surface area contributed by atoms with Crippen molar-refractivity contribution in [1.82, 2.24) is 15.1 Å². The van der Waals surface area contributed by atoms with Gasteiger partial charge in [-0.2, -0.15) is 0 Å². The molecule has 0 saturated carbocycles. The Labute approximate surface area is 159 Å². The van der Waals surface area contributed by atoms with Crippen molar-refractivity contribution in [3.63, 3.8) is 0 Å². The van der Waals surface area contributed by atoms with Crippen LogP contribution in [0.25, 0.3) is 10.6 Å². The molecule has 26 heavy (non-hydrogen) atoms. The first-order valence-electron chi connectivity index (χ1n) is 8.38. The number of benzene rings is 1. The molecule has 4 rings (SSSR count). The summed E-state index contributed by atoms with van der Waals surface area (Å²) < 4.78 is 5.19. The second-order valence-corrected chi connectivity index (χ2v) is 7.47. The van der Waals surface area contributed by atoms with Gasteiger partial charge in [0, 0.05) is 24.7 Å². The number of furan rings is 1. The van der Waals surface area contributed by atoms with Crippen molar-refractivity contribution in [2.45, 2.75) is 18.9 Å². The van der Waals surface area contributed by atoms with Crippen molar-refractivity contribution in [2.24, 2.45) is 0 Å². The van der Waals surface area contributed by atoms with Gasteiger partial charge < -0.3 is 14.6 Å². The topological polar surface area (TPSA) is 71.3 Å². The number of carbonyl (C=O) groups excluding carboxylic acids is 1. The summed E-state index contributed by atoms with van der Waals surface area (Å²) in [5.41, 5.74) is 0.888. The number of nitrogens with one attached hydrogen (secondary N) is 1. The molecule has 2 aromatic heterocycles. The van der Waals surface area contributed by atoms with Crippen LogP contribution in [0.1, 0.15) is 23.4 Å². The van der Waals surface area contributed by atoms with E-state index in [1.807, 2.05) is 29.2 Å². The maximum atomic E-state index is 12.3. The summed E-state index contributed by atoms with van der Waals surface area (Å²) in [4.78, 5) is 14.1. The van der Waals surface area contributed by atoms with Crippen molar-refractivity contribution in [1.29, 1.82) is 0 Å². The maximum absolute atomic E-state index is 12.3. The van der Waals surface area contributed by atoms with Crippen LogP contribution in [-0.2, 0) is 0 Å². The third kappa shape index (κ3) is 3.59. The minimum atomic E-state index is -0.0506. The highest BCUT2D eigenvalue weighted by Gasteiger charge is 2.25. The van der Waals surface area contributed by atoms with E-state index in [2.05, 4.69) is 15.5 Å². The Hall–Kier alpha value is -2.38. The number of halogens is 1. The predicted octanol–water partition coefficient (Wildman–Crippen LogP) is 4.17. The van der Waals surface area contributed by atoms with Crippen LogP contribution in [0.4, 0.5) is 5.13 Å². The fourth-order valence-electron chi connectivity index (χ4n) is 2.98. The molecule has 134 valence electrons. The molecule has 1 fully saturated rings. The Kier molecular flexibility index (Phi) is 4.90. The summed E-state index contributed by atoms with van der Waals surface area (Å²) in [5, 5.41) is 14.1. The highest BCUT2D eigenvalue weighted by Crippen LogP contribution is 2.32. The van der Waals surface area contributed by atoms with E-state index in [0.717, 1.165) is 28.5 Å². The zero-order valence-electron chi connectivity index (χ0n) is 13.9. The molecular formula is C18H17ClN4O2S. The summed E-state index contributed by atoms with van der Waals surface area (Å²) in [6, 6.07) is 11.3. The highest BCUT2D eigenvalue weighted by molar-refractivity contribution is 7.18. The molecule has 1 aliphatic heterocycles. The summed E-state index contributed by atoms with van der Waals surface area (Å²) in [5.74, 6) is 0.343. The third-order valence-corrected chi connectivity index (χ3v) is 5.59. The van der Waals surface area contributed by atoms with Gasteiger partial charge in [-0.15, -0.1) is 10.2 Å². The molecule has 1 N–H and O–H groups in total. The molecule has 1 saturated heterocycles. The Bertz CT molecular complexity index is 888. The number of hydrogen-bond acceptors (Lipinski definition) is 6. The summed E-state index contributed by atoms with van der Waals surface area (Å²) >= 11 is 7.71. The molecule has 3 heterocycles. The number of nitrogens with zero attached hydrogens (tertiary/aromatic N) is 3. The molecule has 1 aromatic carbocycles. The van der Waals surface area contributed by atoms with Gasteiger partial charge in [0.05, 0.1) is 11.3 Å². The summed E-state index contributed by atoms with van der Waals surface area (Å²) in [6.07, 6.45) is 3.23. The van der Waals surface area contributed by atoms with E-state index < -0.39 is 0 Å². The second-order valence-electron chi connectivity index (χ2n) is 6.08. The van der Waals surface area contributed by atoms with E-state index in [1.54, 1.807) is 12.1 Å². The van der Waals surface area contributed by atoms with Crippen molar-refractivity contribution < 1.29 is 9.21 Å². The van der Waals surface area contributed by atoms with Gasteiger partial charge in [0.1, 0.15) is 0 Å². The van der Waals surface area contributed by atoms with Crippen LogP contribution in [0.15, 0.2) is 47.1 Å². The lowest BCUT2D eigenvalue weighted by Crippen LogP contribution is -2.42. The van der Waals surface area contributed by atoms with Crippen LogP contribution in [0, 0.1) is 0 Å². The molecule has 0 atom stereocenters. The Morgan fingerprint density at radius 3 is 2.73 bits per heavy atom. The van der Waals surface area contributed by atoms with Gasteiger partial charge in [-0.3, -0.25) is 4.79 Å². The van der Waals surface area contributed by atoms with Gasteiger partial charge in [-0.05, 0) is 31.0 Å². The summed E-state index contributed by atoms with van der Waals surface area (Å²) in [7, 11) is 0. The molecular weight excluding hydrogens is 372 g/mol. The molecule has 0 unspecified atom stereocenters. The maximum Gasteiger partial charge on any atom is 0.289 e. The summed E-state index contributed by atoms with van der Waals surface area (Å²) in [6.45, 7) is 1.38. The van der Waals surface area contributed by atoms with E-state index in [0.29, 0.717) is 23.9 Å². The molecule has 0 aliphatic carbocycles. The zero-order valence-corrected chi connectivity index (χ0v) is 15.5. The standard InChI is InChI=1S/C18H17ClN4O2S/c19-14-5-2-1-4-13(14)16-21-22-18(26-16)20-12-7-9-23(10-8-12)17(24)15-6-3-11-25-15/h1-6,11-12H,7-10H2,(H,20,22). The predicted molar refractivity (Wildman–Crippen MR) is 102 cm³/mol. The lowest BCUT2D eigenvalue weighted by Gasteiger charge is -2.31. The molecule has 1 amide bonds. The molecule has 6 nitrogen and oxygen atoms in total. The molecule has 3 aromatic rings. The van der Waals surface area contributed by atoms with Crippen molar-refractivity contribution in [3.05, 3.63) is 53.4 Å². The van der Waals surface area contributed by atoms with Gasteiger partial charge in [-0.25, -0.2) is 0 Å². The van der Waals surface area contributed by atoms with Crippen LogP contribution in [0.3, 0.4) is 0 Å². The second kappa shape index (κ2) is 7.47. The largest absolute Gasteiger partial charge is 0.459 e. The van der Waals surface area contributed by atoms with E-state index in [4.69, 9.17) is 16.0 Å². The minimum absolute atomic E-state index is 0.0506. The average Bonchev–Trinajstić information content (AvgIpc) is 3.34. The number of piperidine rings is 1. The van der Waals surface area contributed by atoms with Crippen LogP contribution in [0.2, 0.25) is 5.02 Å². The van der Waals surface area contributed by atoms with E-state index in [1.165, 1.54) is 17.6 Å². The smallest absolute Gasteiger partial charge is 0.289 e. The van der Waals surface area contributed by atoms with Gasteiger partial charge in [0.2, 0.25) is 5.13 Å². The number of aromatic nitrogens is 2. The molecule has 0 spiro atoms. The van der Waals surface area contributed by atoms with Crippen LogP contribution < -0.4 is 5.32 Å². The Balaban J connectivity index is 1.35. The van der Waals surface area contributed by atoms with E-state index >= 15 is 0 Å². The fraction of sp³-hybridized carbons (Fsp3) is 0.278. The number of amides is 1. The van der Waals surface area contributed by atoms with Gasteiger partial charge >= 0.3 is 0 Å². The number of likely N-dealkylation sites (tertiary alicyclic amines) is 1. The van der Waals surface area contributed by atoms with Crippen LogP contribution in [-0.4, -0.2) is 40.1 Å². The molecule has 0 bridgehead atoms. The molecule has 1 aliphatic rings. The number of rotatable bonds is 4. The monoisotopic (exact) mass is 388 g/mol. The first kappa shape index (κ1) is 17.1. The normalized spacial score (nSPS) is 15.2. The van der Waals surface area contributed by atoms with Crippen LogP contribution in [0.5, 0.6) is 0 Å². The van der Waals surface area contributed by atoms with E-state index in [-0.39, 0.29) is 11.9 Å². The lowest BCUT2D eigenvalue weighted by molar-refractivity contribution is 0.0686. The first-order chi connectivity index (χ1) is 12.7. The zero-order chi connectivity index (χ0) is 17.9. The van der Waals surface area contributed by atoms with E-state index in [9.17, 15) is 4.79 Å². The van der Waals surface area contributed by atoms with Gasteiger partial charge in [0.25, 0.3) is 5.91 Å². The molecule has 8 heteroatoms. The minimum Gasteiger partial charge on any atom is -0.459 e. The van der Waals surface area contributed by atoms with Crippen LogP contribution >= 0.6 is 22.9 Å². The number of carbonyl (C=O) groups is 1. The van der Waals surface area contributed by atoms with Crippen molar-refractivity contribution in [3.8, 4) is 10.6 Å². The number of hydrogen-bond donors (Lipinski definition) is 1. The Morgan fingerprint density at radius 2 is 2.00 bits per heavy atom. The fourth-order valence-corrected chi connectivity index (χ4v) is 4.12. The lowest BCUT2D eigenvalue weighted by atomic mass is 10.1. The quantitative estimate of drug-likeness (QED) is 0.726. The molecule has 0 radical (unpaired) electrons. The third-order valence-electron chi connectivity index (χ3n) is 4.37. The van der Waals surface area contributed by atoms with Crippen molar-refractivity contribution >= 4 is 34.0 Å². The van der Waals surface area contributed by atoms with Gasteiger partial charge in [0.15, 0.2) is 10.8 Å². The van der Waals surface area contributed by atoms with Gasteiger partial charge in [-0.1, -0.05) is 41.1 Å².